The molecular formula is C18H22O3. The van der Waals surface area contributed by atoms with Crippen molar-refractivity contribution in [1.29, 1.82) is 0 Å². The molecule has 0 fully saturated rings. The van der Waals surface area contributed by atoms with Crippen LogP contribution in [0.4, 0.5) is 0 Å². The van der Waals surface area contributed by atoms with Gasteiger partial charge < -0.3 is 14.6 Å². The maximum Gasteiger partial charge on any atom is 0.125 e. The van der Waals surface area contributed by atoms with E-state index in [9.17, 15) is 5.11 Å². The molecule has 1 unspecified atom stereocenters. The Labute approximate surface area is 126 Å². The molecule has 0 aromatic heterocycles. The Morgan fingerprint density at radius 2 is 1.62 bits per heavy atom. The van der Waals surface area contributed by atoms with Crippen LogP contribution in [0.3, 0.4) is 0 Å². The van der Waals surface area contributed by atoms with Crippen LogP contribution in [0.1, 0.15) is 31.9 Å². The summed E-state index contributed by atoms with van der Waals surface area (Å²) in [4.78, 5) is 0. The van der Waals surface area contributed by atoms with Gasteiger partial charge in [-0.1, -0.05) is 36.4 Å². The average Bonchev–Trinajstić information content (AvgIpc) is 2.48. The van der Waals surface area contributed by atoms with Gasteiger partial charge in [-0.2, -0.15) is 0 Å². The van der Waals surface area contributed by atoms with Gasteiger partial charge >= 0.3 is 0 Å². The van der Waals surface area contributed by atoms with Crippen LogP contribution in [0.2, 0.25) is 0 Å². The second kappa shape index (κ2) is 7.70. The molecule has 0 heterocycles. The van der Waals surface area contributed by atoms with Crippen LogP contribution in [0.25, 0.3) is 0 Å². The van der Waals surface area contributed by atoms with Gasteiger partial charge in [-0.05, 0) is 32.0 Å². The van der Waals surface area contributed by atoms with Crippen molar-refractivity contribution in [3.8, 4) is 11.5 Å². The molecule has 0 spiro atoms. The molecule has 112 valence electrons. The van der Waals surface area contributed by atoms with Crippen LogP contribution in [-0.2, 0) is 0 Å². The molecule has 0 saturated heterocycles. The third-order valence-electron chi connectivity index (χ3n) is 3.04. The molecule has 2 aromatic carbocycles. The second-order valence-corrected chi connectivity index (χ2v) is 5.17. The number of aliphatic hydroxyl groups is 1. The van der Waals surface area contributed by atoms with Gasteiger partial charge in [0.25, 0.3) is 0 Å². The molecule has 3 heteroatoms. The van der Waals surface area contributed by atoms with Gasteiger partial charge in [0.15, 0.2) is 0 Å². The summed E-state index contributed by atoms with van der Waals surface area (Å²) in [7, 11) is 0. The van der Waals surface area contributed by atoms with E-state index >= 15 is 0 Å². The van der Waals surface area contributed by atoms with E-state index in [1.54, 1.807) is 0 Å². The molecule has 0 aliphatic carbocycles. The first kappa shape index (κ1) is 15.4. The summed E-state index contributed by atoms with van der Waals surface area (Å²) in [6.45, 7) is 4.41. The fourth-order valence-corrected chi connectivity index (χ4v) is 2.08. The van der Waals surface area contributed by atoms with Crippen molar-refractivity contribution in [1.82, 2.24) is 0 Å². The highest BCUT2D eigenvalue weighted by molar-refractivity contribution is 5.35. The van der Waals surface area contributed by atoms with Crippen molar-refractivity contribution in [2.75, 3.05) is 6.61 Å². The van der Waals surface area contributed by atoms with Crippen LogP contribution in [-0.4, -0.2) is 17.8 Å². The van der Waals surface area contributed by atoms with Crippen LogP contribution in [0.5, 0.6) is 11.5 Å². The standard InChI is InChI=1S/C18H22O3/c1-14(2)21-18-11-7-6-10-16(18)17(19)12-13-20-15-8-4-3-5-9-15/h3-11,14,17,19H,12-13H2,1-2H3. The first-order chi connectivity index (χ1) is 10.2. The lowest BCUT2D eigenvalue weighted by atomic mass is 10.1. The Kier molecular flexibility index (Phi) is 5.64. The molecule has 0 bridgehead atoms. The zero-order valence-electron chi connectivity index (χ0n) is 12.5. The minimum atomic E-state index is -0.594. The van der Waals surface area contributed by atoms with Crippen molar-refractivity contribution in [2.45, 2.75) is 32.5 Å². The summed E-state index contributed by atoms with van der Waals surface area (Å²) in [5.74, 6) is 1.55. The number of rotatable bonds is 7. The fourth-order valence-electron chi connectivity index (χ4n) is 2.08. The third-order valence-corrected chi connectivity index (χ3v) is 3.04. The molecule has 0 amide bonds. The molecule has 0 saturated carbocycles. The zero-order valence-corrected chi connectivity index (χ0v) is 12.5. The lowest BCUT2D eigenvalue weighted by molar-refractivity contribution is 0.133. The van der Waals surface area contributed by atoms with Gasteiger partial charge in [-0.3, -0.25) is 0 Å². The lowest BCUT2D eigenvalue weighted by Crippen LogP contribution is -2.11. The van der Waals surface area contributed by atoms with Crippen LogP contribution >= 0.6 is 0 Å². The molecule has 2 rings (SSSR count). The molecule has 1 N–H and O–H groups in total. The molecule has 0 radical (unpaired) electrons. The van der Waals surface area contributed by atoms with Gasteiger partial charge in [0.1, 0.15) is 11.5 Å². The van der Waals surface area contributed by atoms with Crippen LogP contribution < -0.4 is 9.47 Å². The second-order valence-electron chi connectivity index (χ2n) is 5.17. The zero-order chi connectivity index (χ0) is 15.1. The number of hydrogen-bond acceptors (Lipinski definition) is 3. The molecular weight excluding hydrogens is 264 g/mol. The summed E-state index contributed by atoms with van der Waals surface area (Å²) < 4.78 is 11.3. The van der Waals surface area contributed by atoms with E-state index in [4.69, 9.17) is 9.47 Å². The van der Waals surface area contributed by atoms with Crippen LogP contribution in [0.15, 0.2) is 54.6 Å². The van der Waals surface area contributed by atoms with Crippen molar-refractivity contribution in [2.24, 2.45) is 0 Å². The number of hydrogen-bond donors (Lipinski definition) is 1. The van der Waals surface area contributed by atoms with E-state index in [2.05, 4.69) is 0 Å². The van der Waals surface area contributed by atoms with Gasteiger partial charge in [0, 0.05) is 12.0 Å². The predicted molar refractivity (Wildman–Crippen MR) is 83.7 cm³/mol. The Morgan fingerprint density at radius 3 is 2.33 bits per heavy atom. The maximum absolute atomic E-state index is 10.3. The first-order valence-corrected chi connectivity index (χ1v) is 7.28. The van der Waals surface area contributed by atoms with Gasteiger partial charge in [-0.25, -0.2) is 0 Å². The smallest absolute Gasteiger partial charge is 0.125 e. The van der Waals surface area contributed by atoms with Crippen molar-refractivity contribution >= 4 is 0 Å². The molecule has 21 heavy (non-hydrogen) atoms. The minimum Gasteiger partial charge on any atom is -0.493 e. The summed E-state index contributed by atoms with van der Waals surface area (Å²) in [5.41, 5.74) is 0.808. The van der Waals surface area contributed by atoms with Gasteiger partial charge in [0.2, 0.25) is 0 Å². The monoisotopic (exact) mass is 286 g/mol. The fraction of sp³-hybridized carbons (Fsp3) is 0.333. The normalized spacial score (nSPS) is 12.2. The summed E-state index contributed by atoms with van der Waals surface area (Å²) in [5, 5.41) is 10.3. The van der Waals surface area contributed by atoms with Gasteiger partial charge in [-0.15, -0.1) is 0 Å². The topological polar surface area (TPSA) is 38.7 Å². The highest BCUT2D eigenvalue weighted by Crippen LogP contribution is 2.28. The number of ether oxygens (including phenoxy) is 2. The molecule has 3 nitrogen and oxygen atoms in total. The minimum absolute atomic E-state index is 0.0823. The lowest BCUT2D eigenvalue weighted by Gasteiger charge is -2.18. The Morgan fingerprint density at radius 1 is 0.952 bits per heavy atom. The van der Waals surface area contributed by atoms with E-state index in [0.29, 0.717) is 13.0 Å². The molecule has 0 aliphatic rings. The molecule has 1 atom stereocenters. The highest BCUT2D eigenvalue weighted by atomic mass is 16.5. The van der Waals surface area contributed by atoms with E-state index in [-0.39, 0.29) is 6.10 Å². The maximum atomic E-state index is 10.3. The Balaban J connectivity index is 1.92. The van der Waals surface area contributed by atoms with Crippen molar-refractivity contribution in [3.05, 3.63) is 60.2 Å². The van der Waals surface area contributed by atoms with E-state index in [0.717, 1.165) is 17.1 Å². The SMILES string of the molecule is CC(C)Oc1ccccc1C(O)CCOc1ccccc1. The predicted octanol–water partition coefficient (Wildman–Crippen LogP) is 3.98. The Bertz CT molecular complexity index is 537. The largest absolute Gasteiger partial charge is 0.493 e. The average molecular weight is 286 g/mol. The number of para-hydroxylation sites is 2. The van der Waals surface area contributed by atoms with E-state index in [1.807, 2.05) is 68.4 Å². The van der Waals surface area contributed by atoms with E-state index in [1.165, 1.54) is 0 Å². The molecule has 0 aliphatic heterocycles. The Hall–Kier alpha value is -2.00. The highest BCUT2D eigenvalue weighted by Gasteiger charge is 2.14. The van der Waals surface area contributed by atoms with Crippen molar-refractivity contribution in [3.63, 3.8) is 0 Å². The first-order valence-electron chi connectivity index (χ1n) is 7.28. The summed E-state index contributed by atoms with van der Waals surface area (Å²) in [6, 6.07) is 17.2. The summed E-state index contributed by atoms with van der Waals surface area (Å²) >= 11 is 0. The third kappa shape index (κ3) is 4.80. The molecule has 2 aromatic rings. The van der Waals surface area contributed by atoms with Crippen molar-refractivity contribution < 1.29 is 14.6 Å². The van der Waals surface area contributed by atoms with E-state index < -0.39 is 6.10 Å². The van der Waals surface area contributed by atoms with Crippen LogP contribution in [0, 0.1) is 0 Å². The van der Waals surface area contributed by atoms with Gasteiger partial charge in [0.05, 0.1) is 18.8 Å². The summed E-state index contributed by atoms with van der Waals surface area (Å²) in [6.07, 6.45) is 0.00969. The number of benzene rings is 2. The number of aliphatic hydroxyl groups excluding tert-OH is 1. The quantitative estimate of drug-likeness (QED) is 0.837.